The van der Waals surface area contributed by atoms with Crippen LogP contribution in [0.2, 0.25) is 0 Å². The SMILES string of the molecule is CCOc1ncnc(NCc2nc(C(=O)O)cs2)c1C. The first-order valence-electron chi connectivity index (χ1n) is 5.97. The van der Waals surface area contributed by atoms with Gasteiger partial charge in [-0.25, -0.2) is 19.7 Å². The molecule has 7 nitrogen and oxygen atoms in total. The number of rotatable bonds is 6. The average Bonchev–Trinajstić information content (AvgIpc) is 2.89. The van der Waals surface area contributed by atoms with Crippen LogP contribution in [0.15, 0.2) is 11.7 Å². The number of ether oxygens (including phenoxy) is 1. The minimum absolute atomic E-state index is 0.0567. The maximum absolute atomic E-state index is 10.7. The number of anilines is 1. The fraction of sp³-hybridized carbons (Fsp3) is 0.333. The third kappa shape index (κ3) is 3.21. The normalized spacial score (nSPS) is 10.3. The van der Waals surface area contributed by atoms with Gasteiger partial charge in [0.25, 0.3) is 0 Å². The van der Waals surface area contributed by atoms with E-state index < -0.39 is 5.97 Å². The van der Waals surface area contributed by atoms with E-state index in [2.05, 4.69) is 20.3 Å². The van der Waals surface area contributed by atoms with Crippen LogP contribution in [0.5, 0.6) is 5.88 Å². The van der Waals surface area contributed by atoms with E-state index in [9.17, 15) is 4.79 Å². The van der Waals surface area contributed by atoms with E-state index in [0.29, 0.717) is 29.9 Å². The highest BCUT2D eigenvalue weighted by atomic mass is 32.1. The van der Waals surface area contributed by atoms with Gasteiger partial charge in [0.05, 0.1) is 18.7 Å². The second-order valence-electron chi connectivity index (χ2n) is 3.87. The zero-order chi connectivity index (χ0) is 14.5. The van der Waals surface area contributed by atoms with Gasteiger partial charge in [-0.1, -0.05) is 0 Å². The van der Waals surface area contributed by atoms with E-state index in [1.807, 2.05) is 13.8 Å². The summed E-state index contributed by atoms with van der Waals surface area (Å²) in [6, 6.07) is 0. The lowest BCUT2D eigenvalue weighted by molar-refractivity contribution is 0.0691. The number of carboxylic acids is 1. The first kappa shape index (κ1) is 14.2. The first-order chi connectivity index (χ1) is 9.61. The summed E-state index contributed by atoms with van der Waals surface area (Å²) in [5, 5.41) is 14.1. The number of aromatic carboxylic acids is 1. The summed E-state index contributed by atoms with van der Waals surface area (Å²) in [5.41, 5.74) is 0.866. The van der Waals surface area contributed by atoms with Crippen molar-refractivity contribution in [3.8, 4) is 5.88 Å². The molecule has 106 valence electrons. The molecule has 0 aromatic carbocycles. The fourth-order valence-corrected chi connectivity index (χ4v) is 2.25. The van der Waals surface area contributed by atoms with Crippen LogP contribution in [0.1, 0.15) is 28.0 Å². The number of thiazole rings is 1. The first-order valence-corrected chi connectivity index (χ1v) is 6.85. The van der Waals surface area contributed by atoms with Gasteiger partial charge in [0.15, 0.2) is 5.69 Å². The van der Waals surface area contributed by atoms with Gasteiger partial charge in [0, 0.05) is 5.38 Å². The van der Waals surface area contributed by atoms with Gasteiger partial charge in [0.2, 0.25) is 5.88 Å². The molecule has 0 amide bonds. The van der Waals surface area contributed by atoms with Crippen molar-refractivity contribution in [2.45, 2.75) is 20.4 Å². The Morgan fingerprint density at radius 1 is 1.50 bits per heavy atom. The van der Waals surface area contributed by atoms with Gasteiger partial charge in [-0.2, -0.15) is 0 Å². The predicted octanol–water partition coefficient (Wildman–Crippen LogP) is 1.95. The van der Waals surface area contributed by atoms with Crippen LogP contribution in [-0.4, -0.2) is 32.6 Å². The van der Waals surface area contributed by atoms with Crippen LogP contribution in [-0.2, 0) is 6.54 Å². The molecule has 0 spiro atoms. The topological polar surface area (TPSA) is 97.2 Å². The van der Waals surface area contributed by atoms with E-state index in [4.69, 9.17) is 9.84 Å². The lowest BCUT2D eigenvalue weighted by Gasteiger charge is -2.10. The zero-order valence-corrected chi connectivity index (χ0v) is 11.9. The van der Waals surface area contributed by atoms with Crippen molar-refractivity contribution in [2.75, 3.05) is 11.9 Å². The summed E-state index contributed by atoms with van der Waals surface area (Å²) in [4.78, 5) is 22.9. The van der Waals surface area contributed by atoms with Crippen LogP contribution in [0.25, 0.3) is 0 Å². The number of carboxylic acid groups (broad SMARTS) is 1. The molecule has 2 aromatic heterocycles. The molecule has 0 saturated carbocycles. The number of carbonyl (C=O) groups is 1. The number of nitrogens with one attached hydrogen (secondary N) is 1. The number of aromatic nitrogens is 3. The van der Waals surface area contributed by atoms with Crippen LogP contribution < -0.4 is 10.1 Å². The minimum Gasteiger partial charge on any atom is -0.478 e. The van der Waals surface area contributed by atoms with E-state index in [-0.39, 0.29) is 5.69 Å². The molecule has 0 atom stereocenters. The van der Waals surface area contributed by atoms with Crippen molar-refractivity contribution in [2.24, 2.45) is 0 Å². The quantitative estimate of drug-likeness (QED) is 0.840. The molecule has 8 heteroatoms. The molecule has 2 heterocycles. The van der Waals surface area contributed by atoms with Gasteiger partial charge < -0.3 is 15.2 Å². The standard InChI is InChI=1S/C12H14N4O3S/c1-3-19-11-7(2)10(14-6-15-11)13-4-9-16-8(5-20-9)12(17)18/h5-6H,3-4H2,1-2H3,(H,17,18)(H,13,14,15). The molecule has 0 aliphatic carbocycles. The Balaban J connectivity index is 2.06. The van der Waals surface area contributed by atoms with Gasteiger partial charge in [-0.3, -0.25) is 0 Å². The Bertz CT molecular complexity index is 614. The van der Waals surface area contributed by atoms with Crippen molar-refractivity contribution < 1.29 is 14.6 Å². The Kier molecular flexibility index (Phi) is 4.46. The van der Waals surface area contributed by atoms with Crippen LogP contribution >= 0.6 is 11.3 Å². The summed E-state index contributed by atoms with van der Waals surface area (Å²) in [7, 11) is 0. The molecule has 0 aliphatic rings. The number of nitrogens with zero attached hydrogens (tertiary/aromatic N) is 3. The summed E-state index contributed by atoms with van der Waals surface area (Å²) >= 11 is 1.29. The third-order valence-electron chi connectivity index (χ3n) is 2.50. The Hall–Kier alpha value is -2.22. The highest BCUT2D eigenvalue weighted by molar-refractivity contribution is 7.09. The summed E-state index contributed by atoms with van der Waals surface area (Å²) in [6.07, 6.45) is 1.42. The van der Waals surface area contributed by atoms with Crippen LogP contribution in [0.3, 0.4) is 0 Å². The summed E-state index contributed by atoms with van der Waals surface area (Å²) in [5.74, 6) is 0.162. The van der Waals surface area contributed by atoms with Crippen molar-refractivity contribution in [3.05, 3.63) is 28.0 Å². The second kappa shape index (κ2) is 6.29. The lowest BCUT2D eigenvalue weighted by atomic mass is 10.3. The Morgan fingerprint density at radius 2 is 2.30 bits per heavy atom. The molecule has 2 N–H and O–H groups in total. The molecular weight excluding hydrogens is 280 g/mol. The van der Waals surface area contributed by atoms with Crippen molar-refractivity contribution >= 4 is 23.1 Å². The lowest BCUT2D eigenvalue weighted by Crippen LogP contribution is -2.06. The monoisotopic (exact) mass is 294 g/mol. The Morgan fingerprint density at radius 3 is 2.95 bits per heavy atom. The summed E-state index contributed by atoms with van der Waals surface area (Å²) < 4.78 is 5.38. The maximum Gasteiger partial charge on any atom is 0.355 e. The molecule has 0 saturated heterocycles. The molecule has 0 bridgehead atoms. The molecule has 20 heavy (non-hydrogen) atoms. The Labute approximate surface area is 119 Å². The summed E-state index contributed by atoms with van der Waals surface area (Å²) in [6.45, 7) is 4.68. The molecule has 0 unspecified atom stereocenters. The van der Waals surface area contributed by atoms with Gasteiger partial charge >= 0.3 is 5.97 Å². The van der Waals surface area contributed by atoms with E-state index in [0.717, 1.165) is 5.56 Å². The highest BCUT2D eigenvalue weighted by Crippen LogP contribution is 2.21. The molecule has 0 fully saturated rings. The highest BCUT2D eigenvalue weighted by Gasteiger charge is 2.10. The maximum atomic E-state index is 10.7. The molecular formula is C12H14N4O3S. The van der Waals surface area contributed by atoms with Crippen molar-refractivity contribution in [1.82, 2.24) is 15.0 Å². The van der Waals surface area contributed by atoms with E-state index in [1.165, 1.54) is 23.0 Å². The second-order valence-corrected chi connectivity index (χ2v) is 4.81. The zero-order valence-electron chi connectivity index (χ0n) is 11.1. The third-order valence-corrected chi connectivity index (χ3v) is 3.35. The number of hydrogen-bond donors (Lipinski definition) is 2. The van der Waals surface area contributed by atoms with Crippen LogP contribution in [0.4, 0.5) is 5.82 Å². The molecule has 0 aliphatic heterocycles. The minimum atomic E-state index is -1.02. The van der Waals surface area contributed by atoms with E-state index >= 15 is 0 Å². The van der Waals surface area contributed by atoms with E-state index in [1.54, 1.807) is 0 Å². The smallest absolute Gasteiger partial charge is 0.355 e. The molecule has 2 rings (SSSR count). The van der Waals surface area contributed by atoms with Gasteiger partial charge in [-0.15, -0.1) is 11.3 Å². The largest absolute Gasteiger partial charge is 0.478 e. The van der Waals surface area contributed by atoms with Crippen LogP contribution in [0, 0.1) is 6.92 Å². The molecule has 0 radical (unpaired) electrons. The van der Waals surface area contributed by atoms with Crippen molar-refractivity contribution in [3.63, 3.8) is 0 Å². The predicted molar refractivity (Wildman–Crippen MR) is 74.3 cm³/mol. The average molecular weight is 294 g/mol. The number of hydrogen-bond acceptors (Lipinski definition) is 7. The van der Waals surface area contributed by atoms with Crippen molar-refractivity contribution in [1.29, 1.82) is 0 Å². The van der Waals surface area contributed by atoms with Gasteiger partial charge in [-0.05, 0) is 13.8 Å². The van der Waals surface area contributed by atoms with Gasteiger partial charge in [0.1, 0.15) is 17.2 Å². The fourth-order valence-electron chi connectivity index (χ4n) is 1.54. The molecule has 2 aromatic rings.